The van der Waals surface area contributed by atoms with Gasteiger partial charge in [-0.1, -0.05) is 20.8 Å². The predicted molar refractivity (Wildman–Crippen MR) is 70.0 cm³/mol. The molecule has 0 unspecified atom stereocenters. The van der Waals surface area contributed by atoms with Crippen LogP contribution in [0.4, 0.5) is 0 Å². The molecular weight excluding hydrogens is 228 g/mol. The molecule has 102 valence electrons. The normalized spacial score (nSPS) is 22.7. The summed E-state index contributed by atoms with van der Waals surface area (Å²) in [5, 5.41) is 0. The summed E-state index contributed by atoms with van der Waals surface area (Å²) in [6.45, 7) is 8.40. The zero-order valence-electron chi connectivity index (χ0n) is 11.7. The van der Waals surface area contributed by atoms with Gasteiger partial charge in [-0.3, -0.25) is 9.59 Å². The van der Waals surface area contributed by atoms with Crippen LogP contribution >= 0.6 is 0 Å². The van der Waals surface area contributed by atoms with E-state index in [1.807, 2.05) is 30.6 Å². The predicted octanol–water partition coefficient (Wildman–Crippen LogP) is 1.65. The van der Waals surface area contributed by atoms with Crippen LogP contribution in [-0.2, 0) is 9.59 Å². The Labute approximate surface area is 109 Å². The van der Waals surface area contributed by atoms with E-state index in [1.165, 1.54) is 0 Å². The average molecular weight is 252 g/mol. The molecule has 2 aliphatic rings. The van der Waals surface area contributed by atoms with Gasteiger partial charge in [-0.25, -0.2) is 0 Å². The maximum Gasteiger partial charge on any atom is 0.227 e. The molecule has 0 aliphatic carbocycles. The van der Waals surface area contributed by atoms with Crippen molar-refractivity contribution in [1.29, 1.82) is 0 Å². The second-order valence-electron chi connectivity index (χ2n) is 6.46. The molecule has 0 radical (unpaired) electrons. The summed E-state index contributed by atoms with van der Waals surface area (Å²) < 4.78 is 0. The lowest BCUT2D eigenvalue weighted by atomic mass is 9.92. The highest BCUT2D eigenvalue weighted by Gasteiger charge is 2.34. The van der Waals surface area contributed by atoms with Crippen molar-refractivity contribution < 1.29 is 9.59 Å². The van der Waals surface area contributed by atoms with Gasteiger partial charge in [0.1, 0.15) is 0 Å². The minimum absolute atomic E-state index is 0.230. The first-order valence-electron chi connectivity index (χ1n) is 6.98. The van der Waals surface area contributed by atoms with Gasteiger partial charge in [0.2, 0.25) is 11.8 Å². The lowest BCUT2D eigenvalue weighted by Crippen LogP contribution is -2.49. The highest BCUT2D eigenvalue weighted by atomic mass is 16.2. The number of hydrogen-bond acceptors (Lipinski definition) is 2. The third-order valence-electron chi connectivity index (χ3n) is 3.94. The molecule has 0 N–H and O–H groups in total. The van der Waals surface area contributed by atoms with Crippen LogP contribution in [0.5, 0.6) is 0 Å². The van der Waals surface area contributed by atoms with Crippen LogP contribution in [0.1, 0.15) is 46.5 Å². The van der Waals surface area contributed by atoms with Crippen molar-refractivity contribution in [2.75, 3.05) is 19.6 Å². The largest absolute Gasteiger partial charge is 0.342 e. The van der Waals surface area contributed by atoms with Gasteiger partial charge in [0.15, 0.2) is 0 Å². The van der Waals surface area contributed by atoms with Gasteiger partial charge in [-0.2, -0.15) is 0 Å². The first-order chi connectivity index (χ1) is 8.39. The van der Waals surface area contributed by atoms with E-state index in [-0.39, 0.29) is 11.3 Å². The number of amides is 2. The molecule has 0 bridgehead atoms. The van der Waals surface area contributed by atoms with E-state index in [2.05, 4.69) is 0 Å². The second-order valence-corrected chi connectivity index (χ2v) is 6.46. The van der Waals surface area contributed by atoms with Crippen molar-refractivity contribution in [3.8, 4) is 0 Å². The molecule has 0 atom stereocenters. The Hall–Kier alpha value is -1.06. The first kappa shape index (κ1) is 13.4. The molecule has 2 fully saturated rings. The van der Waals surface area contributed by atoms with E-state index in [0.717, 1.165) is 38.9 Å². The van der Waals surface area contributed by atoms with Gasteiger partial charge in [0.05, 0.1) is 0 Å². The van der Waals surface area contributed by atoms with Crippen LogP contribution in [0.3, 0.4) is 0 Å². The van der Waals surface area contributed by atoms with Gasteiger partial charge < -0.3 is 9.80 Å². The summed E-state index contributed by atoms with van der Waals surface area (Å²) in [6.07, 6.45) is 3.59. The topological polar surface area (TPSA) is 40.6 Å². The van der Waals surface area contributed by atoms with Crippen LogP contribution in [0.25, 0.3) is 0 Å². The highest BCUT2D eigenvalue weighted by molar-refractivity contribution is 5.81. The van der Waals surface area contributed by atoms with Crippen LogP contribution in [0.15, 0.2) is 0 Å². The minimum atomic E-state index is -0.295. The number of hydrogen-bond donors (Lipinski definition) is 0. The van der Waals surface area contributed by atoms with Crippen molar-refractivity contribution in [3.63, 3.8) is 0 Å². The molecule has 2 rings (SSSR count). The minimum Gasteiger partial charge on any atom is -0.342 e. The van der Waals surface area contributed by atoms with Crippen molar-refractivity contribution >= 4 is 11.8 Å². The van der Waals surface area contributed by atoms with Crippen LogP contribution < -0.4 is 0 Å². The van der Waals surface area contributed by atoms with E-state index < -0.39 is 0 Å². The summed E-state index contributed by atoms with van der Waals surface area (Å²) in [7, 11) is 0. The first-order valence-corrected chi connectivity index (χ1v) is 6.98. The monoisotopic (exact) mass is 252 g/mol. The summed E-state index contributed by atoms with van der Waals surface area (Å²) >= 11 is 0. The number of carbonyl (C=O) groups is 2. The number of nitrogens with zero attached hydrogens (tertiary/aromatic N) is 2. The fourth-order valence-corrected chi connectivity index (χ4v) is 2.91. The van der Waals surface area contributed by atoms with Crippen LogP contribution in [-0.4, -0.2) is 47.3 Å². The summed E-state index contributed by atoms with van der Waals surface area (Å²) in [4.78, 5) is 27.8. The smallest absolute Gasteiger partial charge is 0.227 e. The zero-order valence-corrected chi connectivity index (χ0v) is 11.7. The Balaban J connectivity index is 1.88. The van der Waals surface area contributed by atoms with Crippen molar-refractivity contribution in [2.45, 2.75) is 52.5 Å². The van der Waals surface area contributed by atoms with Gasteiger partial charge in [-0.15, -0.1) is 0 Å². The van der Waals surface area contributed by atoms with Crippen molar-refractivity contribution in [2.24, 2.45) is 5.41 Å². The molecular formula is C14H24N2O2. The Morgan fingerprint density at radius 3 is 2.22 bits per heavy atom. The maximum atomic E-state index is 12.2. The molecule has 0 aromatic heterocycles. The summed E-state index contributed by atoms with van der Waals surface area (Å²) in [5.41, 5.74) is -0.295. The fourth-order valence-electron chi connectivity index (χ4n) is 2.91. The van der Waals surface area contributed by atoms with Crippen LogP contribution in [0, 0.1) is 5.41 Å². The van der Waals surface area contributed by atoms with E-state index >= 15 is 0 Å². The standard InChI is InChI=1S/C14H24N2O2/c1-14(2,3)13(18)15-9-6-11(7-10-15)16-8-4-5-12(16)17/h11H,4-10H2,1-3H3. The highest BCUT2D eigenvalue weighted by Crippen LogP contribution is 2.25. The molecule has 2 amide bonds. The Bertz CT molecular complexity index is 338. The van der Waals surface area contributed by atoms with Gasteiger partial charge in [0.25, 0.3) is 0 Å². The molecule has 0 spiro atoms. The second kappa shape index (κ2) is 4.90. The van der Waals surface area contributed by atoms with E-state index in [0.29, 0.717) is 18.4 Å². The maximum absolute atomic E-state index is 12.2. The molecule has 0 aromatic rings. The van der Waals surface area contributed by atoms with Crippen LogP contribution in [0.2, 0.25) is 0 Å². The summed E-state index contributed by atoms with van der Waals surface area (Å²) in [6, 6.07) is 0.365. The SMILES string of the molecule is CC(C)(C)C(=O)N1CCC(N2CCCC2=O)CC1. The Morgan fingerprint density at radius 2 is 1.78 bits per heavy atom. The number of carbonyl (C=O) groups excluding carboxylic acids is 2. The van der Waals surface area contributed by atoms with E-state index in [9.17, 15) is 9.59 Å². The molecule has 0 aromatic carbocycles. The van der Waals surface area contributed by atoms with Gasteiger partial charge in [-0.05, 0) is 19.3 Å². The van der Waals surface area contributed by atoms with Gasteiger partial charge >= 0.3 is 0 Å². The molecule has 0 saturated carbocycles. The Morgan fingerprint density at radius 1 is 1.17 bits per heavy atom. The zero-order chi connectivity index (χ0) is 13.3. The lowest BCUT2D eigenvalue weighted by Gasteiger charge is -2.39. The molecule has 4 nitrogen and oxygen atoms in total. The number of piperidine rings is 1. The molecule has 2 saturated heterocycles. The lowest BCUT2D eigenvalue weighted by molar-refractivity contribution is -0.141. The molecule has 2 aliphatic heterocycles. The fraction of sp³-hybridized carbons (Fsp3) is 0.857. The summed E-state index contributed by atoms with van der Waals surface area (Å²) in [5.74, 6) is 0.532. The van der Waals surface area contributed by atoms with Crippen molar-refractivity contribution in [1.82, 2.24) is 9.80 Å². The number of likely N-dealkylation sites (tertiary alicyclic amines) is 2. The van der Waals surface area contributed by atoms with E-state index in [1.54, 1.807) is 0 Å². The van der Waals surface area contributed by atoms with Crippen molar-refractivity contribution in [3.05, 3.63) is 0 Å². The van der Waals surface area contributed by atoms with E-state index in [4.69, 9.17) is 0 Å². The third-order valence-corrected chi connectivity index (χ3v) is 3.94. The Kier molecular flexibility index (Phi) is 3.64. The molecule has 18 heavy (non-hydrogen) atoms. The average Bonchev–Trinajstić information content (AvgIpc) is 2.73. The third kappa shape index (κ3) is 2.68. The quantitative estimate of drug-likeness (QED) is 0.712. The molecule has 4 heteroatoms. The number of rotatable bonds is 1. The molecule has 2 heterocycles. The van der Waals surface area contributed by atoms with Gasteiger partial charge in [0, 0.05) is 37.5 Å².